The number of rotatable bonds is 4. The van der Waals surface area contributed by atoms with Crippen LogP contribution in [0.1, 0.15) is 15.5 Å². The van der Waals surface area contributed by atoms with Gasteiger partial charge in [0, 0.05) is 5.38 Å². The summed E-state index contributed by atoms with van der Waals surface area (Å²) in [5.41, 5.74) is 0.105. The minimum absolute atomic E-state index is 0.103. The molecule has 0 aliphatic rings. The number of ether oxygens (including phenoxy) is 1. The number of nitrogens with zero attached hydrogens (tertiary/aromatic N) is 2. The molecule has 2 aromatic rings. The van der Waals surface area contributed by atoms with E-state index in [-0.39, 0.29) is 17.1 Å². The van der Waals surface area contributed by atoms with Crippen LogP contribution in [-0.4, -0.2) is 22.9 Å². The number of anilines is 1. The molecule has 0 spiro atoms. The van der Waals surface area contributed by atoms with Gasteiger partial charge in [0.05, 0.1) is 23.1 Å². The number of benzene rings is 1. The highest BCUT2D eigenvalue weighted by atomic mass is 32.1. The number of aromatic nitrogens is 1. The lowest BCUT2D eigenvalue weighted by molar-refractivity contribution is -0.384. The van der Waals surface area contributed by atoms with Crippen LogP contribution in [-0.2, 0) is 0 Å². The van der Waals surface area contributed by atoms with Crippen molar-refractivity contribution in [3.8, 4) is 5.75 Å². The molecular weight excluding hydrogens is 282 g/mol. The number of nitrogens with one attached hydrogen (secondary N) is 1. The summed E-state index contributed by atoms with van der Waals surface area (Å²) in [6, 6.07) is 4.21. The largest absolute Gasteiger partial charge is 0.496 e. The van der Waals surface area contributed by atoms with E-state index in [1.165, 1.54) is 36.6 Å². The Bertz CT molecular complexity index is 668. The summed E-state index contributed by atoms with van der Waals surface area (Å²) in [6.45, 7) is 1.78. The van der Waals surface area contributed by atoms with Gasteiger partial charge in [-0.25, -0.2) is 4.98 Å². The molecule has 1 aromatic carbocycles. The number of amides is 1. The van der Waals surface area contributed by atoms with E-state index >= 15 is 0 Å². The molecule has 0 unspecified atom stereocenters. The third kappa shape index (κ3) is 2.91. The molecule has 2 rings (SSSR count). The highest BCUT2D eigenvalue weighted by molar-refractivity contribution is 7.09. The topological polar surface area (TPSA) is 94.4 Å². The number of thiazole rings is 1. The van der Waals surface area contributed by atoms with Gasteiger partial charge in [-0.05, 0) is 19.1 Å². The maximum atomic E-state index is 11.9. The highest BCUT2D eigenvalue weighted by Crippen LogP contribution is 2.29. The predicted octanol–water partition coefficient (Wildman–Crippen LogP) is 2.62. The fraction of sp³-hybridized carbons (Fsp3) is 0.167. The first-order valence-corrected chi connectivity index (χ1v) is 6.45. The Morgan fingerprint density at radius 3 is 2.80 bits per heavy atom. The first kappa shape index (κ1) is 13.9. The van der Waals surface area contributed by atoms with Gasteiger partial charge < -0.3 is 10.1 Å². The normalized spacial score (nSPS) is 10.1. The van der Waals surface area contributed by atoms with Crippen LogP contribution in [0, 0.1) is 17.0 Å². The summed E-state index contributed by atoms with van der Waals surface area (Å²) in [5.74, 6) is -0.137. The van der Waals surface area contributed by atoms with E-state index in [4.69, 9.17) is 4.74 Å². The highest BCUT2D eigenvalue weighted by Gasteiger charge is 2.18. The SMILES string of the molecule is COc1ccc(NC(=O)c2csc(C)n2)c([N+](=O)[O-])c1. The molecule has 0 fully saturated rings. The molecule has 20 heavy (non-hydrogen) atoms. The van der Waals surface area contributed by atoms with Crippen molar-refractivity contribution in [2.75, 3.05) is 12.4 Å². The van der Waals surface area contributed by atoms with Gasteiger partial charge in [0.1, 0.15) is 17.1 Å². The maximum Gasteiger partial charge on any atom is 0.296 e. The Labute approximate surface area is 118 Å². The van der Waals surface area contributed by atoms with Gasteiger partial charge in [-0.3, -0.25) is 14.9 Å². The first-order valence-electron chi connectivity index (χ1n) is 5.57. The summed E-state index contributed by atoms with van der Waals surface area (Å²) in [4.78, 5) is 26.4. The van der Waals surface area contributed by atoms with Crippen molar-refractivity contribution in [3.05, 3.63) is 44.4 Å². The fourth-order valence-electron chi connectivity index (χ4n) is 1.55. The van der Waals surface area contributed by atoms with Gasteiger partial charge in [0.25, 0.3) is 11.6 Å². The second-order valence-electron chi connectivity index (χ2n) is 3.85. The summed E-state index contributed by atoms with van der Waals surface area (Å²) >= 11 is 1.33. The second-order valence-corrected chi connectivity index (χ2v) is 4.91. The van der Waals surface area contributed by atoms with E-state index in [0.717, 1.165) is 5.01 Å². The summed E-state index contributed by atoms with van der Waals surface area (Å²) in [7, 11) is 1.41. The Kier molecular flexibility index (Phi) is 3.94. The number of hydrogen-bond acceptors (Lipinski definition) is 6. The van der Waals surface area contributed by atoms with Crippen LogP contribution in [0.15, 0.2) is 23.6 Å². The zero-order valence-corrected chi connectivity index (χ0v) is 11.6. The average molecular weight is 293 g/mol. The maximum absolute atomic E-state index is 11.9. The molecule has 0 radical (unpaired) electrons. The first-order chi connectivity index (χ1) is 9.51. The molecule has 0 aliphatic heterocycles. The molecule has 0 saturated heterocycles. The lowest BCUT2D eigenvalue weighted by Crippen LogP contribution is -2.13. The fourth-order valence-corrected chi connectivity index (χ4v) is 2.14. The van der Waals surface area contributed by atoms with Crippen LogP contribution >= 0.6 is 11.3 Å². The average Bonchev–Trinajstić information content (AvgIpc) is 2.85. The van der Waals surface area contributed by atoms with E-state index in [0.29, 0.717) is 5.75 Å². The van der Waals surface area contributed by atoms with E-state index in [9.17, 15) is 14.9 Å². The van der Waals surface area contributed by atoms with Crippen molar-refractivity contribution in [2.24, 2.45) is 0 Å². The third-order valence-corrected chi connectivity index (χ3v) is 3.27. The number of carbonyl (C=O) groups excluding carboxylic acids is 1. The minimum atomic E-state index is -0.579. The van der Waals surface area contributed by atoms with Crippen LogP contribution in [0.4, 0.5) is 11.4 Å². The van der Waals surface area contributed by atoms with E-state index in [2.05, 4.69) is 10.3 Å². The van der Waals surface area contributed by atoms with Crippen LogP contribution in [0.3, 0.4) is 0 Å². The van der Waals surface area contributed by atoms with Crippen molar-refractivity contribution >= 4 is 28.6 Å². The standard InChI is InChI=1S/C12H11N3O4S/c1-7-13-10(6-20-7)12(16)14-9-4-3-8(19-2)5-11(9)15(17)18/h3-6H,1-2H3,(H,14,16). The molecule has 8 heteroatoms. The van der Waals surface area contributed by atoms with E-state index in [1.54, 1.807) is 12.3 Å². The van der Waals surface area contributed by atoms with Crippen molar-refractivity contribution in [2.45, 2.75) is 6.92 Å². The number of carbonyl (C=O) groups is 1. The molecule has 7 nitrogen and oxygen atoms in total. The number of methoxy groups -OCH3 is 1. The second kappa shape index (κ2) is 5.66. The van der Waals surface area contributed by atoms with Gasteiger partial charge in [-0.15, -0.1) is 11.3 Å². The predicted molar refractivity (Wildman–Crippen MR) is 74.5 cm³/mol. The van der Waals surface area contributed by atoms with Gasteiger partial charge in [-0.2, -0.15) is 0 Å². The lowest BCUT2D eigenvalue weighted by Gasteiger charge is -2.06. The van der Waals surface area contributed by atoms with Gasteiger partial charge >= 0.3 is 0 Å². The van der Waals surface area contributed by atoms with Crippen LogP contribution in [0.2, 0.25) is 0 Å². The molecule has 0 bridgehead atoms. The van der Waals surface area contributed by atoms with Crippen molar-refractivity contribution < 1.29 is 14.5 Å². The molecule has 1 amide bonds. The van der Waals surface area contributed by atoms with Crippen LogP contribution in [0.5, 0.6) is 5.75 Å². The molecule has 0 aliphatic carbocycles. The van der Waals surface area contributed by atoms with Crippen molar-refractivity contribution in [1.29, 1.82) is 0 Å². The summed E-state index contributed by atoms with van der Waals surface area (Å²) in [5, 5.41) is 15.8. The number of hydrogen-bond donors (Lipinski definition) is 1. The van der Waals surface area contributed by atoms with Crippen molar-refractivity contribution in [3.63, 3.8) is 0 Å². The summed E-state index contributed by atoms with van der Waals surface area (Å²) < 4.78 is 4.93. The third-order valence-electron chi connectivity index (χ3n) is 2.50. The Morgan fingerprint density at radius 2 is 2.25 bits per heavy atom. The molecular formula is C12H11N3O4S. The molecule has 1 N–H and O–H groups in total. The quantitative estimate of drug-likeness (QED) is 0.690. The summed E-state index contributed by atoms with van der Waals surface area (Å²) in [6.07, 6.45) is 0. The zero-order chi connectivity index (χ0) is 14.7. The Morgan fingerprint density at radius 1 is 1.50 bits per heavy atom. The number of nitro benzene ring substituents is 1. The molecule has 1 heterocycles. The van der Waals surface area contributed by atoms with Gasteiger partial charge in [0.2, 0.25) is 0 Å². The van der Waals surface area contributed by atoms with Gasteiger partial charge in [0.15, 0.2) is 0 Å². The molecule has 0 saturated carbocycles. The molecule has 1 aromatic heterocycles. The van der Waals surface area contributed by atoms with E-state index < -0.39 is 10.8 Å². The number of nitro groups is 1. The number of aryl methyl sites for hydroxylation is 1. The monoisotopic (exact) mass is 293 g/mol. The molecule has 104 valence electrons. The Balaban J connectivity index is 2.29. The van der Waals surface area contributed by atoms with E-state index in [1.807, 2.05) is 0 Å². The van der Waals surface area contributed by atoms with Crippen molar-refractivity contribution in [1.82, 2.24) is 4.98 Å². The Hall–Kier alpha value is -2.48. The van der Waals surface area contributed by atoms with Gasteiger partial charge in [-0.1, -0.05) is 0 Å². The van der Waals surface area contributed by atoms with Crippen LogP contribution < -0.4 is 10.1 Å². The smallest absolute Gasteiger partial charge is 0.296 e. The zero-order valence-electron chi connectivity index (χ0n) is 10.7. The lowest BCUT2D eigenvalue weighted by atomic mass is 10.2. The molecule has 0 atom stereocenters. The minimum Gasteiger partial charge on any atom is -0.496 e. The van der Waals surface area contributed by atoms with Crippen LogP contribution in [0.25, 0.3) is 0 Å².